The first-order valence-corrected chi connectivity index (χ1v) is 22.1. The van der Waals surface area contributed by atoms with Crippen molar-refractivity contribution in [3.63, 3.8) is 0 Å². The third kappa shape index (κ3) is 5.69. The topological polar surface area (TPSA) is 63.3 Å². The average Bonchev–Trinajstić information content (AvgIpc) is 3.71. The summed E-state index contributed by atoms with van der Waals surface area (Å²) in [6, 6.07) is 68.5. The van der Waals surface area contributed by atoms with E-state index in [0.717, 1.165) is 67.5 Å². The van der Waals surface area contributed by atoms with E-state index < -0.39 is 0 Å². The molecule has 0 bridgehead atoms. The fraction of sp³-hybridized carbons (Fsp3) is 0.100. The quantitative estimate of drug-likeness (QED) is 0.167. The zero-order valence-corrected chi connectivity index (χ0v) is 36.5. The van der Waals surface area contributed by atoms with E-state index in [9.17, 15) is 10.5 Å². The van der Waals surface area contributed by atoms with E-state index >= 15 is 0 Å². The van der Waals surface area contributed by atoms with Gasteiger partial charge in [-0.25, -0.2) is 0 Å². The molecule has 0 saturated heterocycles. The van der Waals surface area contributed by atoms with Crippen molar-refractivity contribution in [3.05, 3.63) is 215 Å². The van der Waals surface area contributed by atoms with Gasteiger partial charge < -0.3 is 14.5 Å². The molecule has 9 aromatic rings. The number of anilines is 6. The number of ether oxygens (including phenoxy) is 1. The van der Waals surface area contributed by atoms with Crippen molar-refractivity contribution in [1.29, 1.82) is 10.5 Å². The molecular formula is C60H42N4O. The van der Waals surface area contributed by atoms with Gasteiger partial charge in [0.25, 0.3) is 0 Å². The van der Waals surface area contributed by atoms with E-state index in [-0.39, 0.29) is 10.8 Å². The van der Waals surface area contributed by atoms with Gasteiger partial charge in [-0.1, -0.05) is 107 Å². The molecule has 1 heterocycles. The summed E-state index contributed by atoms with van der Waals surface area (Å²) in [5.74, 6) is 1.56. The second-order valence-corrected chi connectivity index (χ2v) is 18.4. The van der Waals surface area contributed by atoms with Crippen molar-refractivity contribution in [3.8, 4) is 57.0 Å². The zero-order valence-electron chi connectivity index (χ0n) is 36.5. The Morgan fingerprint density at radius 1 is 0.385 bits per heavy atom. The lowest BCUT2D eigenvalue weighted by Crippen LogP contribution is -2.17. The molecule has 5 nitrogen and oxygen atoms in total. The fourth-order valence-corrected chi connectivity index (χ4v) is 10.8. The SMILES string of the molecule is CC1(C)c2ccccc2-c2ccc(N(c3ccc(C#N)cc3)c3ccc4c(c3)Oc3cccc5c(N(c6ccc(C#N)cc6)c6ccc7c(c6)C(C)(C)c6ccccc6-7)ccc-4c35)cc21. The Balaban J connectivity index is 0.987. The first-order valence-electron chi connectivity index (χ1n) is 22.1. The van der Waals surface area contributed by atoms with Crippen LogP contribution in [0.3, 0.4) is 0 Å². The maximum absolute atomic E-state index is 9.74. The van der Waals surface area contributed by atoms with E-state index in [4.69, 9.17) is 4.74 Å². The van der Waals surface area contributed by atoms with Crippen LogP contribution < -0.4 is 14.5 Å². The molecule has 5 heteroatoms. The van der Waals surface area contributed by atoms with Gasteiger partial charge in [0.2, 0.25) is 0 Å². The van der Waals surface area contributed by atoms with E-state index in [0.29, 0.717) is 11.1 Å². The van der Waals surface area contributed by atoms with Gasteiger partial charge in [-0.05, 0) is 147 Å². The molecule has 0 saturated carbocycles. The zero-order chi connectivity index (χ0) is 44.2. The van der Waals surface area contributed by atoms with Crippen molar-refractivity contribution >= 4 is 44.9 Å². The van der Waals surface area contributed by atoms with Crippen LogP contribution in [0, 0.1) is 22.7 Å². The Kier molecular flexibility index (Phi) is 8.29. The third-order valence-corrected chi connectivity index (χ3v) is 14.1. The standard InChI is InChI=1S/C60H42N4O/c1-59(2)51-13-7-5-10-44(51)46-27-24-41(32-53(46)59)63(39-20-16-37(35-61)17-21-39)43-26-29-48-49-30-31-55(50-12-9-15-56(58(49)50)65-57(48)34-43)64(40-22-18-38(36-62)19-23-40)42-25-28-47-45-11-6-8-14-52(45)60(3,4)54(47)33-42/h5-34H,1-4H3. The summed E-state index contributed by atoms with van der Waals surface area (Å²) in [6.07, 6.45) is 0. The van der Waals surface area contributed by atoms with Gasteiger partial charge >= 0.3 is 0 Å². The summed E-state index contributed by atoms with van der Waals surface area (Å²) < 4.78 is 6.97. The third-order valence-electron chi connectivity index (χ3n) is 14.1. The number of benzene rings is 9. The maximum atomic E-state index is 9.74. The molecule has 308 valence electrons. The van der Waals surface area contributed by atoms with Crippen LogP contribution in [0.25, 0.3) is 44.2 Å². The van der Waals surface area contributed by atoms with Crippen LogP contribution in [0.4, 0.5) is 34.1 Å². The van der Waals surface area contributed by atoms with Gasteiger partial charge in [-0.2, -0.15) is 10.5 Å². The van der Waals surface area contributed by atoms with Crippen molar-refractivity contribution in [2.75, 3.05) is 9.80 Å². The van der Waals surface area contributed by atoms with Gasteiger partial charge in [-0.15, -0.1) is 0 Å². The Morgan fingerprint density at radius 2 is 0.846 bits per heavy atom. The summed E-state index contributed by atoms with van der Waals surface area (Å²) in [5.41, 5.74) is 19.2. The first kappa shape index (κ1) is 38.3. The summed E-state index contributed by atoms with van der Waals surface area (Å²) in [4.78, 5) is 4.57. The number of hydrogen-bond donors (Lipinski definition) is 0. The van der Waals surface area contributed by atoms with E-state index in [1.807, 2.05) is 48.5 Å². The van der Waals surface area contributed by atoms with Crippen molar-refractivity contribution < 1.29 is 4.74 Å². The number of hydrogen-bond acceptors (Lipinski definition) is 5. The van der Waals surface area contributed by atoms with Crippen LogP contribution in [-0.2, 0) is 10.8 Å². The first-order chi connectivity index (χ1) is 31.6. The minimum atomic E-state index is -0.173. The van der Waals surface area contributed by atoms with E-state index in [2.05, 4.69) is 183 Å². The van der Waals surface area contributed by atoms with Crippen LogP contribution in [0.1, 0.15) is 61.1 Å². The molecule has 0 amide bonds. The molecule has 0 N–H and O–H groups in total. The highest BCUT2D eigenvalue weighted by Gasteiger charge is 2.37. The highest BCUT2D eigenvalue weighted by atomic mass is 16.5. The molecule has 0 aromatic heterocycles. The monoisotopic (exact) mass is 834 g/mol. The van der Waals surface area contributed by atoms with Gasteiger partial charge in [0.1, 0.15) is 11.5 Å². The highest BCUT2D eigenvalue weighted by molar-refractivity contribution is 6.11. The van der Waals surface area contributed by atoms with Gasteiger partial charge in [0, 0.05) is 61.7 Å². The van der Waals surface area contributed by atoms with Gasteiger partial charge in [0.15, 0.2) is 0 Å². The summed E-state index contributed by atoms with van der Waals surface area (Å²) in [5, 5.41) is 21.5. The number of fused-ring (bicyclic) bond motifs is 8. The van der Waals surface area contributed by atoms with Crippen LogP contribution in [0.5, 0.6) is 11.5 Å². The van der Waals surface area contributed by atoms with Crippen LogP contribution in [-0.4, -0.2) is 0 Å². The molecule has 0 unspecified atom stereocenters. The van der Waals surface area contributed by atoms with Crippen molar-refractivity contribution in [2.45, 2.75) is 38.5 Å². The van der Waals surface area contributed by atoms with Crippen molar-refractivity contribution in [1.82, 2.24) is 0 Å². The maximum Gasteiger partial charge on any atom is 0.137 e. The van der Waals surface area contributed by atoms with E-state index in [1.54, 1.807) is 0 Å². The number of rotatable bonds is 6. The van der Waals surface area contributed by atoms with Crippen LogP contribution in [0.2, 0.25) is 0 Å². The van der Waals surface area contributed by atoms with Gasteiger partial charge in [-0.3, -0.25) is 0 Å². The molecule has 0 atom stereocenters. The van der Waals surface area contributed by atoms with Gasteiger partial charge in [0.05, 0.1) is 29.0 Å². The molecule has 1 aliphatic heterocycles. The lowest BCUT2D eigenvalue weighted by Gasteiger charge is -2.31. The molecule has 3 aliphatic rings. The average molecular weight is 835 g/mol. The number of nitrogens with zero attached hydrogens (tertiary/aromatic N) is 4. The van der Waals surface area contributed by atoms with Crippen molar-refractivity contribution in [2.24, 2.45) is 0 Å². The van der Waals surface area contributed by atoms with Crippen LogP contribution in [0.15, 0.2) is 182 Å². The molecule has 0 radical (unpaired) electrons. The lowest BCUT2D eigenvalue weighted by molar-refractivity contribution is 0.487. The Hall–Kier alpha value is -8.38. The van der Waals surface area contributed by atoms with Crippen LogP contribution >= 0.6 is 0 Å². The smallest absolute Gasteiger partial charge is 0.137 e. The highest BCUT2D eigenvalue weighted by Crippen LogP contribution is 2.55. The summed E-state index contributed by atoms with van der Waals surface area (Å²) in [6.45, 7) is 9.23. The fourth-order valence-electron chi connectivity index (χ4n) is 10.8. The minimum absolute atomic E-state index is 0.170. The largest absolute Gasteiger partial charge is 0.456 e. The van der Waals surface area contributed by atoms with E-state index in [1.165, 1.54) is 44.5 Å². The lowest BCUT2D eigenvalue weighted by atomic mass is 9.82. The Bertz CT molecular complexity index is 3550. The molecule has 9 aromatic carbocycles. The normalized spacial score (nSPS) is 13.9. The Morgan fingerprint density at radius 3 is 1.42 bits per heavy atom. The summed E-state index contributed by atoms with van der Waals surface area (Å²) in [7, 11) is 0. The second-order valence-electron chi connectivity index (χ2n) is 18.4. The molecular weight excluding hydrogens is 793 g/mol. The predicted molar refractivity (Wildman–Crippen MR) is 263 cm³/mol. The molecule has 2 aliphatic carbocycles. The minimum Gasteiger partial charge on any atom is -0.456 e. The number of nitriles is 2. The predicted octanol–water partition coefficient (Wildman–Crippen LogP) is 15.9. The molecule has 0 spiro atoms. The Labute approximate surface area is 379 Å². The molecule has 0 fully saturated rings. The second kappa shape index (κ2) is 14.1. The summed E-state index contributed by atoms with van der Waals surface area (Å²) >= 11 is 0. The molecule has 65 heavy (non-hydrogen) atoms. The molecule has 12 rings (SSSR count).